The lowest BCUT2D eigenvalue weighted by Gasteiger charge is -2.42. The van der Waals surface area contributed by atoms with Crippen molar-refractivity contribution >= 4 is 11.6 Å². The molecule has 2 aromatic carbocycles. The Bertz CT molecular complexity index is 720. The van der Waals surface area contributed by atoms with Gasteiger partial charge in [0.2, 0.25) is 0 Å². The lowest BCUT2D eigenvalue weighted by atomic mass is 9.93. The molecule has 3 nitrogen and oxygen atoms in total. The van der Waals surface area contributed by atoms with Gasteiger partial charge < -0.3 is 9.47 Å². The van der Waals surface area contributed by atoms with Crippen LogP contribution in [0.2, 0.25) is 5.02 Å². The largest absolute Gasteiger partial charge is 0.467 e. The molecule has 2 heterocycles. The molecule has 0 amide bonds. The molecular weight excluding hydrogens is 317 g/mol. The Kier molecular flexibility index (Phi) is 3.97. The van der Waals surface area contributed by atoms with E-state index in [9.17, 15) is 4.39 Å². The number of ether oxygens (including phenoxy) is 2. The summed E-state index contributed by atoms with van der Waals surface area (Å²) in [7, 11) is 0. The minimum Gasteiger partial charge on any atom is -0.467 e. The highest BCUT2D eigenvalue weighted by Crippen LogP contribution is 2.38. The summed E-state index contributed by atoms with van der Waals surface area (Å²) >= 11 is 5.96. The summed E-state index contributed by atoms with van der Waals surface area (Å²) in [6.07, 6.45) is 1.10. The van der Waals surface area contributed by atoms with E-state index in [1.807, 2.05) is 12.1 Å². The van der Waals surface area contributed by atoms with Crippen molar-refractivity contribution in [1.82, 2.24) is 4.90 Å². The summed E-state index contributed by atoms with van der Waals surface area (Å²) in [6, 6.07) is 11.4. The number of hydrogen-bond acceptors (Lipinski definition) is 3. The Morgan fingerprint density at radius 1 is 1.22 bits per heavy atom. The zero-order valence-corrected chi connectivity index (χ0v) is 13.4. The summed E-state index contributed by atoms with van der Waals surface area (Å²) in [5.41, 5.74) is 2.92. The number of halogens is 2. The zero-order valence-electron chi connectivity index (χ0n) is 12.6. The predicted octanol–water partition coefficient (Wildman–Crippen LogP) is 4.29. The van der Waals surface area contributed by atoms with E-state index in [0.717, 1.165) is 34.9 Å². The maximum absolute atomic E-state index is 13.8. The standard InChI is InChI=1S/C18H17ClFNO2/c19-15-3-1-12(2-4-15)17-5-6-21(17)9-13-7-16(20)8-14-10-22-11-23-18(13)14/h1-4,7-8,17H,5-6,9-11H2/t17-/m0/s1. The summed E-state index contributed by atoms with van der Waals surface area (Å²) in [6.45, 7) is 2.30. The first-order valence-electron chi connectivity index (χ1n) is 7.72. The minimum absolute atomic E-state index is 0.228. The summed E-state index contributed by atoms with van der Waals surface area (Å²) < 4.78 is 24.7. The Morgan fingerprint density at radius 2 is 2.04 bits per heavy atom. The van der Waals surface area contributed by atoms with E-state index in [0.29, 0.717) is 19.2 Å². The van der Waals surface area contributed by atoms with Crippen LogP contribution < -0.4 is 4.74 Å². The molecule has 2 aliphatic rings. The van der Waals surface area contributed by atoms with Crippen molar-refractivity contribution in [3.8, 4) is 5.75 Å². The van der Waals surface area contributed by atoms with Gasteiger partial charge in [-0.1, -0.05) is 23.7 Å². The molecule has 0 radical (unpaired) electrons. The third kappa shape index (κ3) is 2.94. The second kappa shape index (κ2) is 6.11. The van der Waals surface area contributed by atoms with Crippen molar-refractivity contribution in [2.75, 3.05) is 13.3 Å². The second-order valence-corrected chi connectivity index (χ2v) is 6.43. The average Bonchev–Trinajstić information content (AvgIpc) is 2.53. The highest BCUT2D eigenvalue weighted by molar-refractivity contribution is 6.30. The molecule has 2 aromatic rings. The molecule has 0 aromatic heterocycles. The summed E-state index contributed by atoms with van der Waals surface area (Å²) in [5.74, 6) is 0.538. The Labute approximate surface area is 139 Å². The third-order valence-electron chi connectivity index (χ3n) is 4.51. The van der Waals surface area contributed by atoms with E-state index in [1.54, 1.807) is 6.07 Å². The molecule has 23 heavy (non-hydrogen) atoms. The van der Waals surface area contributed by atoms with E-state index in [2.05, 4.69) is 17.0 Å². The third-order valence-corrected chi connectivity index (χ3v) is 4.76. The van der Waals surface area contributed by atoms with Crippen LogP contribution in [0.25, 0.3) is 0 Å². The molecule has 0 N–H and O–H groups in total. The second-order valence-electron chi connectivity index (χ2n) is 5.99. The van der Waals surface area contributed by atoms with Crippen molar-refractivity contribution in [1.29, 1.82) is 0 Å². The van der Waals surface area contributed by atoms with Crippen LogP contribution in [0.4, 0.5) is 4.39 Å². The monoisotopic (exact) mass is 333 g/mol. The number of likely N-dealkylation sites (tertiary alicyclic amines) is 1. The van der Waals surface area contributed by atoms with Crippen LogP contribution in [-0.2, 0) is 17.9 Å². The van der Waals surface area contributed by atoms with Gasteiger partial charge in [0.15, 0.2) is 6.79 Å². The van der Waals surface area contributed by atoms with Crippen LogP contribution in [0, 0.1) is 5.82 Å². The van der Waals surface area contributed by atoms with Gasteiger partial charge in [-0.25, -0.2) is 4.39 Å². The van der Waals surface area contributed by atoms with E-state index in [1.165, 1.54) is 11.6 Å². The molecular formula is C18H17ClFNO2. The molecule has 4 rings (SSSR count). The molecule has 0 saturated carbocycles. The van der Waals surface area contributed by atoms with Gasteiger partial charge in [0, 0.05) is 35.3 Å². The number of rotatable bonds is 3. The Hall–Kier alpha value is -1.62. The first-order valence-corrected chi connectivity index (χ1v) is 8.10. The molecule has 2 aliphatic heterocycles. The van der Waals surface area contributed by atoms with Crippen LogP contribution in [-0.4, -0.2) is 18.2 Å². The first-order chi connectivity index (χ1) is 11.2. The maximum Gasteiger partial charge on any atom is 0.189 e. The van der Waals surface area contributed by atoms with E-state index in [4.69, 9.17) is 21.1 Å². The average molecular weight is 334 g/mol. The molecule has 5 heteroatoms. The van der Waals surface area contributed by atoms with Crippen LogP contribution in [0.15, 0.2) is 36.4 Å². The van der Waals surface area contributed by atoms with Crippen molar-refractivity contribution in [2.24, 2.45) is 0 Å². The molecule has 0 bridgehead atoms. The van der Waals surface area contributed by atoms with Crippen molar-refractivity contribution in [2.45, 2.75) is 25.6 Å². The fraction of sp³-hybridized carbons (Fsp3) is 0.333. The molecule has 0 unspecified atom stereocenters. The maximum atomic E-state index is 13.8. The van der Waals surface area contributed by atoms with Gasteiger partial charge in [0.1, 0.15) is 11.6 Å². The SMILES string of the molecule is Fc1cc2c(c(CN3CC[C@H]3c3ccc(Cl)cc3)c1)OCOC2. The number of nitrogens with zero attached hydrogens (tertiary/aromatic N) is 1. The van der Waals surface area contributed by atoms with Gasteiger partial charge in [-0.2, -0.15) is 0 Å². The van der Waals surface area contributed by atoms with Crippen molar-refractivity contribution in [3.63, 3.8) is 0 Å². The Morgan fingerprint density at radius 3 is 2.78 bits per heavy atom. The Balaban J connectivity index is 1.56. The number of benzene rings is 2. The van der Waals surface area contributed by atoms with Gasteiger partial charge in [0.05, 0.1) is 6.61 Å². The molecule has 1 fully saturated rings. The van der Waals surface area contributed by atoms with Crippen LogP contribution in [0.3, 0.4) is 0 Å². The minimum atomic E-state index is -0.239. The summed E-state index contributed by atoms with van der Waals surface area (Å²) in [4.78, 5) is 2.33. The van der Waals surface area contributed by atoms with Gasteiger partial charge in [0.25, 0.3) is 0 Å². The molecule has 120 valence electrons. The topological polar surface area (TPSA) is 21.7 Å². The highest BCUT2D eigenvalue weighted by atomic mass is 35.5. The van der Waals surface area contributed by atoms with Crippen LogP contribution in [0.5, 0.6) is 5.75 Å². The lowest BCUT2D eigenvalue weighted by molar-refractivity contribution is -0.0185. The first kappa shape index (κ1) is 14.9. The fourth-order valence-corrected chi connectivity index (χ4v) is 3.41. The van der Waals surface area contributed by atoms with E-state index < -0.39 is 0 Å². The van der Waals surface area contributed by atoms with Crippen LogP contribution in [0.1, 0.15) is 29.2 Å². The number of hydrogen-bond donors (Lipinski definition) is 0. The van der Waals surface area contributed by atoms with Gasteiger partial charge in [-0.15, -0.1) is 0 Å². The van der Waals surface area contributed by atoms with E-state index >= 15 is 0 Å². The van der Waals surface area contributed by atoms with Gasteiger partial charge in [-0.3, -0.25) is 4.90 Å². The van der Waals surface area contributed by atoms with E-state index in [-0.39, 0.29) is 12.6 Å². The molecule has 1 saturated heterocycles. The van der Waals surface area contributed by atoms with Gasteiger partial charge >= 0.3 is 0 Å². The van der Waals surface area contributed by atoms with Gasteiger partial charge in [-0.05, 0) is 36.2 Å². The quantitative estimate of drug-likeness (QED) is 0.836. The predicted molar refractivity (Wildman–Crippen MR) is 85.9 cm³/mol. The highest BCUT2D eigenvalue weighted by Gasteiger charge is 2.30. The number of fused-ring (bicyclic) bond motifs is 1. The molecule has 1 atom stereocenters. The van der Waals surface area contributed by atoms with Crippen molar-refractivity contribution in [3.05, 3.63) is 63.9 Å². The molecule has 0 spiro atoms. The summed E-state index contributed by atoms with van der Waals surface area (Å²) in [5, 5.41) is 0.743. The zero-order chi connectivity index (χ0) is 15.8. The molecule has 0 aliphatic carbocycles. The van der Waals surface area contributed by atoms with Crippen molar-refractivity contribution < 1.29 is 13.9 Å². The fourth-order valence-electron chi connectivity index (χ4n) is 3.29. The smallest absolute Gasteiger partial charge is 0.189 e. The normalized spacial score (nSPS) is 20.5. The van der Waals surface area contributed by atoms with Crippen LogP contribution >= 0.6 is 11.6 Å². The lowest BCUT2D eigenvalue weighted by Crippen LogP contribution is -2.40.